The zero-order valence-electron chi connectivity index (χ0n) is 13.5. The quantitative estimate of drug-likeness (QED) is 0.925. The number of amides is 1. The molecule has 1 aliphatic rings. The Hall–Kier alpha value is -2.05. The zero-order valence-corrected chi connectivity index (χ0v) is 13.5. The molecule has 0 radical (unpaired) electrons. The van der Waals surface area contributed by atoms with Crippen LogP contribution in [0.4, 0.5) is 0 Å². The van der Waals surface area contributed by atoms with Crippen LogP contribution in [-0.2, 0) is 0 Å². The first-order valence-corrected chi connectivity index (χ1v) is 7.83. The number of furan rings is 1. The molecule has 0 aliphatic carbocycles. The van der Waals surface area contributed by atoms with Crippen LogP contribution in [0.3, 0.4) is 0 Å². The molecule has 23 heavy (non-hydrogen) atoms. The molecular weight excluding hydrogens is 296 g/mol. The van der Waals surface area contributed by atoms with Gasteiger partial charge in [-0.05, 0) is 25.1 Å². The van der Waals surface area contributed by atoms with Gasteiger partial charge in [-0.1, -0.05) is 0 Å². The summed E-state index contributed by atoms with van der Waals surface area (Å²) in [6, 6.07) is 5.55. The highest BCUT2D eigenvalue weighted by molar-refractivity contribution is 5.99. The predicted molar refractivity (Wildman–Crippen MR) is 86.9 cm³/mol. The van der Waals surface area contributed by atoms with Crippen LogP contribution in [0.25, 0.3) is 11.0 Å². The fraction of sp³-hybridized carbons (Fsp3) is 0.471. The van der Waals surface area contributed by atoms with Gasteiger partial charge in [0.05, 0.1) is 13.7 Å². The van der Waals surface area contributed by atoms with E-state index < -0.39 is 0 Å². The Morgan fingerprint density at radius 2 is 2.04 bits per heavy atom. The van der Waals surface area contributed by atoms with E-state index in [1.165, 1.54) is 0 Å². The van der Waals surface area contributed by atoms with Crippen molar-refractivity contribution in [3.05, 3.63) is 29.5 Å². The molecule has 0 unspecified atom stereocenters. The fourth-order valence-corrected chi connectivity index (χ4v) is 2.99. The van der Waals surface area contributed by atoms with Crippen molar-refractivity contribution in [2.24, 2.45) is 0 Å². The minimum Gasteiger partial charge on any atom is -0.497 e. The standard InChI is InChI=1S/C17H22N2O4/c1-12-14-11-13(22-2)3-4-15(14)23-16(12)17(21)19-7-5-18(6-8-19)9-10-20/h3-4,11,20H,5-10H2,1-2H3. The molecule has 1 aliphatic heterocycles. The number of fused-ring (bicyclic) bond motifs is 1. The number of aliphatic hydroxyl groups is 1. The molecule has 0 bridgehead atoms. The lowest BCUT2D eigenvalue weighted by Crippen LogP contribution is -2.49. The van der Waals surface area contributed by atoms with E-state index in [-0.39, 0.29) is 12.5 Å². The predicted octanol–water partition coefficient (Wildman–Crippen LogP) is 1.50. The second kappa shape index (κ2) is 6.60. The van der Waals surface area contributed by atoms with E-state index in [9.17, 15) is 4.79 Å². The second-order valence-corrected chi connectivity index (χ2v) is 5.78. The third-order valence-electron chi connectivity index (χ3n) is 4.41. The highest BCUT2D eigenvalue weighted by atomic mass is 16.5. The van der Waals surface area contributed by atoms with Crippen LogP contribution in [0.2, 0.25) is 0 Å². The minimum absolute atomic E-state index is 0.0682. The molecule has 0 spiro atoms. The van der Waals surface area contributed by atoms with E-state index in [0.717, 1.165) is 29.8 Å². The lowest BCUT2D eigenvalue weighted by atomic mass is 10.1. The first-order chi connectivity index (χ1) is 11.1. The van der Waals surface area contributed by atoms with E-state index in [0.29, 0.717) is 31.0 Å². The van der Waals surface area contributed by atoms with Gasteiger partial charge in [-0.2, -0.15) is 0 Å². The van der Waals surface area contributed by atoms with Gasteiger partial charge >= 0.3 is 0 Å². The topological polar surface area (TPSA) is 66.2 Å². The van der Waals surface area contributed by atoms with E-state index in [4.69, 9.17) is 14.3 Å². The number of carbonyl (C=O) groups is 1. The number of aryl methyl sites for hydroxylation is 1. The van der Waals surface area contributed by atoms with Crippen LogP contribution < -0.4 is 4.74 Å². The number of carbonyl (C=O) groups excluding carboxylic acids is 1. The van der Waals surface area contributed by atoms with Crippen LogP contribution in [-0.4, -0.2) is 67.3 Å². The van der Waals surface area contributed by atoms with Gasteiger partial charge in [0.15, 0.2) is 5.76 Å². The summed E-state index contributed by atoms with van der Waals surface area (Å²) in [5, 5.41) is 9.89. The van der Waals surface area contributed by atoms with Gasteiger partial charge in [0, 0.05) is 43.7 Å². The Balaban J connectivity index is 1.80. The molecule has 0 atom stereocenters. The molecule has 3 rings (SSSR count). The van der Waals surface area contributed by atoms with Gasteiger partial charge in [-0.3, -0.25) is 9.69 Å². The van der Waals surface area contributed by atoms with Gasteiger partial charge in [-0.25, -0.2) is 0 Å². The minimum atomic E-state index is -0.0682. The van der Waals surface area contributed by atoms with Crippen LogP contribution in [0.5, 0.6) is 5.75 Å². The maximum Gasteiger partial charge on any atom is 0.289 e. The summed E-state index contributed by atoms with van der Waals surface area (Å²) < 4.78 is 11.0. The summed E-state index contributed by atoms with van der Waals surface area (Å²) >= 11 is 0. The lowest BCUT2D eigenvalue weighted by molar-refractivity contribution is 0.0586. The molecule has 1 saturated heterocycles. The van der Waals surface area contributed by atoms with Crippen molar-refractivity contribution >= 4 is 16.9 Å². The number of nitrogens with zero attached hydrogens (tertiary/aromatic N) is 2. The number of hydrogen-bond donors (Lipinski definition) is 1. The summed E-state index contributed by atoms with van der Waals surface area (Å²) in [6.45, 7) is 5.57. The van der Waals surface area contributed by atoms with Gasteiger partial charge in [-0.15, -0.1) is 0 Å². The molecule has 1 aromatic carbocycles. The van der Waals surface area contributed by atoms with E-state index in [1.807, 2.05) is 30.0 Å². The Morgan fingerprint density at radius 1 is 1.30 bits per heavy atom. The number of methoxy groups -OCH3 is 1. The molecule has 0 saturated carbocycles. The molecule has 2 aromatic rings. The molecule has 6 nitrogen and oxygen atoms in total. The highest BCUT2D eigenvalue weighted by Crippen LogP contribution is 2.29. The highest BCUT2D eigenvalue weighted by Gasteiger charge is 2.26. The summed E-state index contributed by atoms with van der Waals surface area (Å²) in [5.41, 5.74) is 1.55. The van der Waals surface area contributed by atoms with Crippen LogP contribution >= 0.6 is 0 Å². The maximum absolute atomic E-state index is 12.7. The fourth-order valence-electron chi connectivity index (χ4n) is 2.99. The largest absolute Gasteiger partial charge is 0.497 e. The number of piperazine rings is 1. The Bertz CT molecular complexity index is 702. The average Bonchev–Trinajstić information content (AvgIpc) is 2.91. The van der Waals surface area contributed by atoms with Crippen molar-refractivity contribution < 1.29 is 19.1 Å². The molecular formula is C17H22N2O4. The molecule has 2 heterocycles. The number of ether oxygens (including phenoxy) is 1. The van der Waals surface area contributed by atoms with Crippen molar-refractivity contribution in [1.29, 1.82) is 0 Å². The third-order valence-corrected chi connectivity index (χ3v) is 4.41. The average molecular weight is 318 g/mol. The zero-order chi connectivity index (χ0) is 16.4. The molecule has 1 aromatic heterocycles. The normalized spacial score (nSPS) is 16.0. The molecule has 1 N–H and O–H groups in total. The van der Waals surface area contributed by atoms with E-state index in [2.05, 4.69) is 4.90 Å². The maximum atomic E-state index is 12.7. The monoisotopic (exact) mass is 318 g/mol. The molecule has 124 valence electrons. The van der Waals surface area contributed by atoms with Crippen LogP contribution in [0.1, 0.15) is 16.1 Å². The number of rotatable bonds is 4. The van der Waals surface area contributed by atoms with Gasteiger partial charge in [0.25, 0.3) is 5.91 Å². The number of hydrogen-bond acceptors (Lipinski definition) is 5. The summed E-state index contributed by atoms with van der Waals surface area (Å²) in [7, 11) is 1.62. The Labute approximate surface area is 135 Å². The van der Waals surface area contributed by atoms with E-state index >= 15 is 0 Å². The van der Waals surface area contributed by atoms with Crippen LogP contribution in [0, 0.1) is 6.92 Å². The van der Waals surface area contributed by atoms with Gasteiger partial charge < -0.3 is 19.2 Å². The first kappa shape index (κ1) is 15.8. The van der Waals surface area contributed by atoms with Crippen molar-refractivity contribution in [2.75, 3.05) is 46.4 Å². The second-order valence-electron chi connectivity index (χ2n) is 5.78. The number of benzene rings is 1. The number of β-amino-alcohol motifs (C(OH)–C–C–N with tert-alkyl or cyclic N) is 1. The lowest BCUT2D eigenvalue weighted by Gasteiger charge is -2.33. The smallest absolute Gasteiger partial charge is 0.289 e. The molecule has 6 heteroatoms. The van der Waals surface area contributed by atoms with Crippen LogP contribution in [0.15, 0.2) is 22.6 Å². The summed E-state index contributed by atoms with van der Waals surface area (Å²) in [6.07, 6.45) is 0. The van der Waals surface area contributed by atoms with Crippen molar-refractivity contribution in [3.8, 4) is 5.75 Å². The Morgan fingerprint density at radius 3 is 2.70 bits per heavy atom. The summed E-state index contributed by atoms with van der Waals surface area (Å²) in [4.78, 5) is 16.7. The van der Waals surface area contributed by atoms with Gasteiger partial charge in [0.1, 0.15) is 11.3 Å². The summed E-state index contributed by atoms with van der Waals surface area (Å²) in [5.74, 6) is 1.09. The van der Waals surface area contributed by atoms with Crippen molar-refractivity contribution in [2.45, 2.75) is 6.92 Å². The van der Waals surface area contributed by atoms with Crippen molar-refractivity contribution in [3.63, 3.8) is 0 Å². The number of aliphatic hydroxyl groups excluding tert-OH is 1. The molecule has 1 amide bonds. The Kier molecular flexibility index (Phi) is 4.54. The third kappa shape index (κ3) is 3.04. The van der Waals surface area contributed by atoms with Gasteiger partial charge in [0.2, 0.25) is 0 Å². The SMILES string of the molecule is COc1ccc2oc(C(=O)N3CCN(CCO)CC3)c(C)c2c1. The van der Waals surface area contributed by atoms with Crippen molar-refractivity contribution in [1.82, 2.24) is 9.80 Å². The molecule has 1 fully saturated rings. The van der Waals surface area contributed by atoms with E-state index in [1.54, 1.807) is 7.11 Å². The first-order valence-electron chi connectivity index (χ1n) is 7.83.